The van der Waals surface area contributed by atoms with Crippen LogP contribution < -0.4 is 0 Å². The lowest BCUT2D eigenvalue weighted by Gasteiger charge is -2.38. The van der Waals surface area contributed by atoms with Gasteiger partial charge in [0.15, 0.2) is 0 Å². The summed E-state index contributed by atoms with van der Waals surface area (Å²) in [6, 6.07) is 3.48. The molecule has 0 spiro atoms. The van der Waals surface area contributed by atoms with Gasteiger partial charge in [-0.25, -0.2) is 9.78 Å². The molecule has 1 aliphatic rings. The molecule has 0 aliphatic heterocycles. The van der Waals surface area contributed by atoms with Gasteiger partial charge in [-0.2, -0.15) is 0 Å². The van der Waals surface area contributed by atoms with E-state index in [4.69, 9.17) is 4.74 Å². The zero-order valence-electron chi connectivity index (χ0n) is 11.6. The van der Waals surface area contributed by atoms with Crippen molar-refractivity contribution >= 4 is 21.9 Å². The van der Waals surface area contributed by atoms with E-state index in [1.165, 1.54) is 6.42 Å². The maximum Gasteiger partial charge on any atom is 0.341 e. The van der Waals surface area contributed by atoms with E-state index in [0.717, 1.165) is 12.8 Å². The van der Waals surface area contributed by atoms with Gasteiger partial charge in [0.1, 0.15) is 10.7 Å². The SMILES string of the molecule is CC1CC(OC(=O)c2cccnc2Br)CC(C)(C)C1. The fourth-order valence-electron chi connectivity index (χ4n) is 3.10. The second kappa shape index (κ2) is 5.61. The predicted molar refractivity (Wildman–Crippen MR) is 77.9 cm³/mol. The molecule has 4 heteroatoms. The third-order valence-electron chi connectivity index (χ3n) is 3.60. The third kappa shape index (κ3) is 3.78. The molecule has 3 nitrogen and oxygen atoms in total. The molecule has 2 unspecified atom stereocenters. The molecule has 1 aromatic heterocycles. The van der Waals surface area contributed by atoms with E-state index in [0.29, 0.717) is 16.1 Å². The number of hydrogen-bond acceptors (Lipinski definition) is 3. The standard InChI is InChI=1S/C15H20BrNO2/c1-10-7-11(9-15(2,3)8-10)19-14(18)12-5-4-6-17-13(12)16/h4-6,10-11H,7-9H2,1-3H3. The Bertz CT molecular complexity index is 473. The topological polar surface area (TPSA) is 39.2 Å². The zero-order chi connectivity index (χ0) is 14.0. The second-order valence-corrected chi connectivity index (χ2v) is 7.03. The Hall–Kier alpha value is -0.900. The number of carbonyl (C=O) groups excluding carboxylic acids is 1. The Morgan fingerprint density at radius 3 is 2.84 bits per heavy atom. The Labute approximate surface area is 122 Å². The Balaban J connectivity index is 2.05. The zero-order valence-corrected chi connectivity index (χ0v) is 13.2. The number of ether oxygens (including phenoxy) is 1. The summed E-state index contributed by atoms with van der Waals surface area (Å²) >= 11 is 3.28. The van der Waals surface area contributed by atoms with E-state index in [-0.39, 0.29) is 17.5 Å². The van der Waals surface area contributed by atoms with Gasteiger partial charge in [0.2, 0.25) is 0 Å². The van der Waals surface area contributed by atoms with Crippen molar-refractivity contribution in [3.63, 3.8) is 0 Å². The third-order valence-corrected chi connectivity index (χ3v) is 4.23. The second-order valence-electron chi connectivity index (χ2n) is 6.28. The molecule has 0 amide bonds. The average molecular weight is 326 g/mol. The monoisotopic (exact) mass is 325 g/mol. The minimum absolute atomic E-state index is 0.0124. The molecule has 0 bridgehead atoms. The molecular weight excluding hydrogens is 306 g/mol. The van der Waals surface area contributed by atoms with E-state index in [1.807, 2.05) is 0 Å². The van der Waals surface area contributed by atoms with Crippen molar-refractivity contribution in [1.82, 2.24) is 4.98 Å². The highest BCUT2D eigenvalue weighted by Crippen LogP contribution is 2.39. The number of carbonyl (C=O) groups is 1. The van der Waals surface area contributed by atoms with Crippen molar-refractivity contribution in [3.05, 3.63) is 28.5 Å². The summed E-state index contributed by atoms with van der Waals surface area (Å²) in [5.41, 5.74) is 0.743. The number of nitrogens with zero attached hydrogens (tertiary/aromatic N) is 1. The number of rotatable bonds is 2. The normalized spacial score (nSPS) is 25.9. The largest absolute Gasteiger partial charge is 0.459 e. The van der Waals surface area contributed by atoms with E-state index >= 15 is 0 Å². The molecule has 1 saturated carbocycles. The fraction of sp³-hybridized carbons (Fsp3) is 0.600. The number of pyridine rings is 1. The van der Waals surface area contributed by atoms with E-state index in [2.05, 4.69) is 41.7 Å². The van der Waals surface area contributed by atoms with Gasteiger partial charge in [0.25, 0.3) is 0 Å². The summed E-state index contributed by atoms with van der Waals surface area (Å²) in [7, 11) is 0. The summed E-state index contributed by atoms with van der Waals surface area (Å²) in [4.78, 5) is 16.2. The molecule has 19 heavy (non-hydrogen) atoms. The summed E-state index contributed by atoms with van der Waals surface area (Å²) < 4.78 is 6.20. The van der Waals surface area contributed by atoms with Crippen molar-refractivity contribution in [1.29, 1.82) is 0 Å². The molecule has 2 atom stereocenters. The highest BCUT2D eigenvalue weighted by molar-refractivity contribution is 9.10. The van der Waals surface area contributed by atoms with Gasteiger partial charge in [0, 0.05) is 6.20 Å². The van der Waals surface area contributed by atoms with Gasteiger partial charge in [-0.3, -0.25) is 0 Å². The van der Waals surface area contributed by atoms with Crippen molar-refractivity contribution < 1.29 is 9.53 Å². The highest BCUT2D eigenvalue weighted by atomic mass is 79.9. The van der Waals surface area contributed by atoms with E-state index < -0.39 is 0 Å². The van der Waals surface area contributed by atoms with Crippen molar-refractivity contribution in [2.24, 2.45) is 11.3 Å². The summed E-state index contributed by atoms with van der Waals surface area (Å²) in [6.07, 6.45) is 4.73. The van der Waals surface area contributed by atoms with Crippen LogP contribution in [0.1, 0.15) is 50.4 Å². The maximum atomic E-state index is 12.2. The first-order valence-electron chi connectivity index (χ1n) is 6.69. The van der Waals surface area contributed by atoms with E-state index in [1.54, 1.807) is 18.3 Å². The van der Waals surface area contributed by atoms with Crippen LogP contribution >= 0.6 is 15.9 Å². The molecule has 1 fully saturated rings. The minimum Gasteiger partial charge on any atom is -0.459 e. The maximum absolute atomic E-state index is 12.2. The minimum atomic E-state index is -0.283. The number of hydrogen-bond donors (Lipinski definition) is 0. The van der Waals surface area contributed by atoms with Crippen LogP contribution in [-0.2, 0) is 4.74 Å². The van der Waals surface area contributed by atoms with Crippen molar-refractivity contribution in [2.45, 2.75) is 46.1 Å². The smallest absolute Gasteiger partial charge is 0.341 e. The summed E-state index contributed by atoms with van der Waals surface area (Å²) in [5, 5.41) is 0. The molecule has 104 valence electrons. The Morgan fingerprint density at radius 1 is 1.47 bits per heavy atom. The number of halogens is 1. The molecule has 1 aromatic rings. The van der Waals surface area contributed by atoms with Gasteiger partial charge in [0.05, 0.1) is 5.56 Å². The first-order valence-corrected chi connectivity index (χ1v) is 7.48. The highest BCUT2D eigenvalue weighted by Gasteiger charge is 2.34. The van der Waals surface area contributed by atoms with E-state index in [9.17, 15) is 4.79 Å². The van der Waals surface area contributed by atoms with Gasteiger partial charge < -0.3 is 4.74 Å². The fourth-order valence-corrected chi connectivity index (χ4v) is 3.51. The Morgan fingerprint density at radius 2 is 2.21 bits per heavy atom. The first-order chi connectivity index (χ1) is 8.87. The van der Waals surface area contributed by atoms with Crippen LogP contribution in [0.25, 0.3) is 0 Å². The number of esters is 1. The van der Waals surface area contributed by atoms with Gasteiger partial charge in [-0.15, -0.1) is 0 Å². The molecule has 2 rings (SSSR count). The van der Waals surface area contributed by atoms with Crippen LogP contribution in [0, 0.1) is 11.3 Å². The van der Waals surface area contributed by atoms with Crippen LogP contribution in [0.15, 0.2) is 22.9 Å². The lowest BCUT2D eigenvalue weighted by molar-refractivity contribution is -0.00726. The molecular formula is C15H20BrNO2. The van der Waals surface area contributed by atoms with Crippen molar-refractivity contribution in [2.75, 3.05) is 0 Å². The van der Waals surface area contributed by atoms with Gasteiger partial charge >= 0.3 is 5.97 Å². The van der Waals surface area contributed by atoms with Gasteiger partial charge in [-0.05, 0) is 58.7 Å². The van der Waals surface area contributed by atoms with Crippen LogP contribution in [-0.4, -0.2) is 17.1 Å². The lowest BCUT2D eigenvalue weighted by atomic mass is 9.71. The summed E-state index contributed by atoms with van der Waals surface area (Å²) in [6.45, 7) is 6.70. The van der Waals surface area contributed by atoms with Crippen molar-refractivity contribution in [3.8, 4) is 0 Å². The molecule has 0 aromatic carbocycles. The average Bonchev–Trinajstić information content (AvgIpc) is 2.26. The molecule has 0 saturated heterocycles. The summed E-state index contributed by atoms with van der Waals surface area (Å²) in [5.74, 6) is 0.314. The quantitative estimate of drug-likeness (QED) is 0.603. The van der Waals surface area contributed by atoms with Crippen LogP contribution in [0.3, 0.4) is 0 Å². The van der Waals surface area contributed by atoms with Crippen LogP contribution in [0.4, 0.5) is 0 Å². The molecule has 1 heterocycles. The van der Waals surface area contributed by atoms with Gasteiger partial charge in [-0.1, -0.05) is 20.8 Å². The first kappa shape index (κ1) is 14.5. The van der Waals surface area contributed by atoms with Crippen LogP contribution in [0.5, 0.6) is 0 Å². The Kier molecular flexibility index (Phi) is 4.29. The lowest BCUT2D eigenvalue weighted by Crippen LogP contribution is -2.34. The molecule has 1 aliphatic carbocycles. The molecule has 0 N–H and O–H groups in total. The number of aromatic nitrogens is 1. The van der Waals surface area contributed by atoms with Crippen LogP contribution in [0.2, 0.25) is 0 Å². The predicted octanol–water partition coefficient (Wildman–Crippen LogP) is 4.22. The molecule has 0 radical (unpaired) electrons.